The lowest BCUT2D eigenvalue weighted by atomic mass is 10.2. The fourth-order valence-electron chi connectivity index (χ4n) is 1.53. The van der Waals surface area contributed by atoms with Gasteiger partial charge in [-0.15, -0.1) is 0 Å². The Bertz CT molecular complexity index is 595. The van der Waals surface area contributed by atoms with Crippen molar-refractivity contribution in [2.24, 2.45) is 0 Å². The predicted molar refractivity (Wildman–Crippen MR) is 74.5 cm³/mol. The highest BCUT2D eigenvalue weighted by Gasteiger charge is 2.11. The van der Waals surface area contributed by atoms with Gasteiger partial charge in [0.2, 0.25) is 0 Å². The second-order valence-corrected chi connectivity index (χ2v) is 4.71. The number of carbonyl (C=O) groups is 1. The van der Waals surface area contributed by atoms with Crippen LogP contribution in [0.5, 0.6) is 5.75 Å². The molecule has 19 heavy (non-hydrogen) atoms. The third kappa shape index (κ3) is 3.35. The normalized spacial score (nSPS) is 10.3. The van der Waals surface area contributed by atoms with E-state index >= 15 is 0 Å². The van der Waals surface area contributed by atoms with Crippen LogP contribution >= 0.6 is 15.9 Å². The predicted octanol–water partition coefficient (Wildman–Crippen LogP) is 3.40. The summed E-state index contributed by atoms with van der Waals surface area (Å²) in [5, 5.41) is 6.36. The summed E-state index contributed by atoms with van der Waals surface area (Å²) in [5.41, 5.74) is 0.510. The zero-order valence-corrected chi connectivity index (χ0v) is 12.2. The molecule has 1 aromatic heterocycles. The highest BCUT2D eigenvalue weighted by atomic mass is 79.9. The van der Waals surface area contributed by atoms with Crippen LogP contribution in [0.3, 0.4) is 0 Å². The molecule has 0 aliphatic rings. The topological polar surface area (TPSA) is 64.4 Å². The maximum absolute atomic E-state index is 12.0. The molecule has 0 saturated heterocycles. The monoisotopic (exact) mass is 324 g/mol. The molecule has 100 valence electrons. The Morgan fingerprint density at radius 1 is 1.47 bits per heavy atom. The summed E-state index contributed by atoms with van der Waals surface area (Å²) in [5.74, 6) is 1.49. The van der Waals surface area contributed by atoms with Crippen LogP contribution in [-0.4, -0.2) is 17.7 Å². The Morgan fingerprint density at radius 3 is 2.84 bits per heavy atom. The molecular weight excluding hydrogens is 312 g/mol. The lowest BCUT2D eigenvalue weighted by molar-refractivity contribution is 0.102. The van der Waals surface area contributed by atoms with Crippen molar-refractivity contribution < 1.29 is 14.1 Å². The first-order chi connectivity index (χ1) is 9.10. The van der Waals surface area contributed by atoms with Crippen LogP contribution in [0.1, 0.15) is 23.0 Å². The highest BCUT2D eigenvalue weighted by Crippen LogP contribution is 2.26. The van der Waals surface area contributed by atoms with Gasteiger partial charge >= 0.3 is 0 Å². The van der Waals surface area contributed by atoms with E-state index in [0.29, 0.717) is 29.5 Å². The third-order valence-corrected chi connectivity index (χ3v) is 2.98. The summed E-state index contributed by atoms with van der Waals surface area (Å²) in [6.07, 6.45) is 0. The fourth-order valence-corrected chi connectivity index (χ4v) is 2.02. The van der Waals surface area contributed by atoms with Crippen molar-refractivity contribution in [1.29, 1.82) is 0 Å². The van der Waals surface area contributed by atoms with Crippen LogP contribution in [0.4, 0.5) is 5.82 Å². The third-order valence-electron chi connectivity index (χ3n) is 2.36. The number of hydrogen-bond donors (Lipinski definition) is 1. The molecule has 1 heterocycles. The molecule has 6 heteroatoms. The number of hydrogen-bond acceptors (Lipinski definition) is 4. The zero-order valence-electron chi connectivity index (χ0n) is 10.6. The van der Waals surface area contributed by atoms with E-state index in [2.05, 4.69) is 26.4 Å². The van der Waals surface area contributed by atoms with Crippen molar-refractivity contribution in [2.75, 3.05) is 11.9 Å². The van der Waals surface area contributed by atoms with Crippen LogP contribution in [0.2, 0.25) is 0 Å². The molecule has 0 aliphatic heterocycles. The number of rotatable bonds is 4. The number of anilines is 1. The van der Waals surface area contributed by atoms with E-state index in [1.54, 1.807) is 31.2 Å². The van der Waals surface area contributed by atoms with Gasteiger partial charge in [-0.3, -0.25) is 4.79 Å². The van der Waals surface area contributed by atoms with Crippen molar-refractivity contribution in [3.05, 3.63) is 40.1 Å². The van der Waals surface area contributed by atoms with Gasteiger partial charge in [-0.2, -0.15) is 0 Å². The van der Waals surface area contributed by atoms with Gasteiger partial charge in [0.15, 0.2) is 5.82 Å². The van der Waals surface area contributed by atoms with Crippen LogP contribution in [-0.2, 0) is 0 Å². The summed E-state index contributed by atoms with van der Waals surface area (Å²) < 4.78 is 11.0. The van der Waals surface area contributed by atoms with E-state index in [0.717, 1.165) is 4.47 Å². The minimum atomic E-state index is -0.253. The number of carbonyl (C=O) groups excluding carboxylic acids is 1. The molecule has 0 radical (unpaired) electrons. The Hall–Kier alpha value is -1.82. The van der Waals surface area contributed by atoms with Gasteiger partial charge < -0.3 is 14.6 Å². The molecule has 0 atom stereocenters. The first kappa shape index (κ1) is 13.6. The summed E-state index contributed by atoms with van der Waals surface area (Å²) in [4.78, 5) is 12.0. The van der Waals surface area contributed by atoms with E-state index in [1.165, 1.54) is 0 Å². The Morgan fingerprint density at radius 2 is 2.26 bits per heavy atom. The van der Waals surface area contributed by atoms with Crippen molar-refractivity contribution in [2.45, 2.75) is 13.8 Å². The quantitative estimate of drug-likeness (QED) is 0.936. The number of nitrogens with one attached hydrogen (secondary N) is 1. The first-order valence-electron chi connectivity index (χ1n) is 5.77. The van der Waals surface area contributed by atoms with Gasteiger partial charge in [-0.1, -0.05) is 5.16 Å². The Labute approximate surface area is 119 Å². The van der Waals surface area contributed by atoms with Gasteiger partial charge in [0.1, 0.15) is 11.5 Å². The lowest BCUT2D eigenvalue weighted by Gasteiger charge is -2.07. The minimum absolute atomic E-state index is 0.253. The average Bonchev–Trinajstić information content (AvgIpc) is 2.77. The van der Waals surface area contributed by atoms with Crippen molar-refractivity contribution in [3.8, 4) is 5.75 Å². The van der Waals surface area contributed by atoms with Crippen molar-refractivity contribution in [3.63, 3.8) is 0 Å². The Kier molecular flexibility index (Phi) is 4.21. The molecule has 2 rings (SSSR count). The summed E-state index contributed by atoms with van der Waals surface area (Å²) in [6.45, 7) is 4.23. The molecule has 5 nitrogen and oxygen atoms in total. The van der Waals surface area contributed by atoms with Gasteiger partial charge in [-0.25, -0.2) is 0 Å². The Balaban J connectivity index is 2.13. The lowest BCUT2D eigenvalue weighted by Crippen LogP contribution is -2.12. The van der Waals surface area contributed by atoms with Crippen LogP contribution in [0.15, 0.2) is 33.3 Å². The number of amides is 1. The first-order valence-corrected chi connectivity index (χ1v) is 6.56. The van der Waals surface area contributed by atoms with Gasteiger partial charge in [0.25, 0.3) is 5.91 Å². The minimum Gasteiger partial charge on any atom is -0.493 e. The smallest absolute Gasteiger partial charge is 0.256 e. The number of aromatic nitrogens is 1. The van der Waals surface area contributed by atoms with Gasteiger partial charge in [0.05, 0.1) is 11.1 Å². The standard InChI is InChI=1S/C13H13BrN2O3/c1-3-18-11-5-4-9(7-10(11)14)13(17)15-12-6-8(2)19-16-12/h4-7H,3H2,1-2H3,(H,15,16,17). The van der Waals surface area contributed by atoms with Gasteiger partial charge in [0, 0.05) is 11.6 Å². The number of halogens is 1. The van der Waals surface area contributed by atoms with E-state index in [-0.39, 0.29) is 5.91 Å². The summed E-state index contributed by atoms with van der Waals surface area (Å²) in [7, 11) is 0. The number of aryl methyl sites for hydroxylation is 1. The maximum Gasteiger partial charge on any atom is 0.256 e. The van der Waals surface area contributed by atoms with E-state index < -0.39 is 0 Å². The van der Waals surface area contributed by atoms with Crippen LogP contribution < -0.4 is 10.1 Å². The molecule has 1 N–H and O–H groups in total. The second-order valence-electron chi connectivity index (χ2n) is 3.86. The van der Waals surface area contributed by atoms with E-state index in [1.807, 2.05) is 6.92 Å². The maximum atomic E-state index is 12.0. The molecule has 2 aromatic rings. The molecule has 0 spiro atoms. The largest absolute Gasteiger partial charge is 0.493 e. The van der Waals surface area contributed by atoms with E-state index in [4.69, 9.17) is 9.26 Å². The van der Waals surface area contributed by atoms with Crippen molar-refractivity contribution in [1.82, 2.24) is 5.16 Å². The van der Waals surface area contributed by atoms with Crippen molar-refractivity contribution >= 4 is 27.7 Å². The zero-order chi connectivity index (χ0) is 13.8. The molecule has 0 saturated carbocycles. The second kappa shape index (κ2) is 5.88. The van der Waals surface area contributed by atoms with Crippen LogP contribution in [0, 0.1) is 6.92 Å². The number of benzene rings is 1. The number of nitrogens with zero attached hydrogens (tertiary/aromatic N) is 1. The average molecular weight is 325 g/mol. The molecule has 0 bridgehead atoms. The fraction of sp³-hybridized carbons (Fsp3) is 0.231. The number of ether oxygens (including phenoxy) is 1. The molecular formula is C13H13BrN2O3. The molecule has 1 aromatic carbocycles. The summed E-state index contributed by atoms with van der Waals surface area (Å²) >= 11 is 3.37. The van der Waals surface area contributed by atoms with E-state index in [9.17, 15) is 4.79 Å². The molecule has 0 aliphatic carbocycles. The van der Waals surface area contributed by atoms with Crippen LogP contribution in [0.25, 0.3) is 0 Å². The highest BCUT2D eigenvalue weighted by molar-refractivity contribution is 9.10. The molecule has 1 amide bonds. The molecule has 0 unspecified atom stereocenters. The summed E-state index contributed by atoms with van der Waals surface area (Å²) in [6, 6.07) is 6.79. The SMILES string of the molecule is CCOc1ccc(C(=O)Nc2cc(C)on2)cc1Br. The van der Waals surface area contributed by atoms with Gasteiger partial charge in [-0.05, 0) is 48.0 Å². The molecule has 0 fully saturated rings.